The van der Waals surface area contributed by atoms with Crippen LogP contribution >= 0.6 is 11.8 Å². The number of rotatable bonds is 7. The van der Waals surface area contributed by atoms with Gasteiger partial charge in [0.15, 0.2) is 5.65 Å². The fraction of sp³-hybridized carbons (Fsp3) is 0.0370. The monoisotopic (exact) mass is 495 g/mol. The van der Waals surface area contributed by atoms with Crippen molar-refractivity contribution in [2.75, 3.05) is 17.7 Å². The summed E-state index contributed by atoms with van der Waals surface area (Å²) in [6, 6.07) is 23.2. The summed E-state index contributed by atoms with van der Waals surface area (Å²) in [5.74, 6) is 1.21. The van der Waals surface area contributed by atoms with Gasteiger partial charge in [-0.3, -0.25) is 4.79 Å². The first-order valence-corrected chi connectivity index (χ1v) is 11.8. The lowest BCUT2D eigenvalue weighted by Crippen LogP contribution is -2.12. The van der Waals surface area contributed by atoms with Crippen LogP contribution in [0.4, 0.5) is 17.2 Å². The second kappa shape index (κ2) is 10.3. The van der Waals surface area contributed by atoms with Crippen molar-refractivity contribution in [3.05, 3.63) is 97.0 Å². The lowest BCUT2D eigenvalue weighted by molar-refractivity contribution is 0.102. The van der Waals surface area contributed by atoms with Crippen LogP contribution in [-0.2, 0) is 0 Å². The second-order valence-corrected chi connectivity index (χ2v) is 8.83. The second-order valence-electron chi connectivity index (χ2n) is 7.71. The van der Waals surface area contributed by atoms with Crippen LogP contribution in [-0.4, -0.2) is 33.1 Å². The number of nitrogens with one attached hydrogen (secondary N) is 2. The molecule has 0 fully saturated rings. The summed E-state index contributed by atoms with van der Waals surface area (Å²) < 4.78 is 5.17. The van der Waals surface area contributed by atoms with E-state index in [2.05, 4.69) is 25.6 Å². The van der Waals surface area contributed by atoms with E-state index in [4.69, 9.17) is 4.74 Å². The first-order valence-electron chi connectivity index (χ1n) is 11.0. The summed E-state index contributed by atoms with van der Waals surface area (Å²) in [5.41, 5.74) is 2.41. The molecule has 2 heterocycles. The van der Waals surface area contributed by atoms with Gasteiger partial charge in [0, 0.05) is 27.2 Å². The van der Waals surface area contributed by atoms with Gasteiger partial charge in [-0.1, -0.05) is 17.8 Å². The van der Waals surface area contributed by atoms with E-state index in [9.17, 15) is 9.90 Å². The minimum Gasteiger partial charge on any atom is -0.508 e. The minimum absolute atomic E-state index is 0.186. The van der Waals surface area contributed by atoms with Gasteiger partial charge in [0.2, 0.25) is 0 Å². The Hall–Kier alpha value is -4.63. The number of phenolic OH excluding ortho intramolecular Hbond substituents is 1. The molecule has 0 atom stereocenters. The summed E-state index contributed by atoms with van der Waals surface area (Å²) in [4.78, 5) is 27.5. The number of aromatic nitrogens is 3. The molecule has 3 aromatic carbocycles. The van der Waals surface area contributed by atoms with Crippen LogP contribution in [0.15, 0.2) is 101 Å². The quantitative estimate of drug-likeness (QED) is 0.257. The fourth-order valence-electron chi connectivity index (χ4n) is 3.54. The highest BCUT2D eigenvalue weighted by Crippen LogP contribution is 2.38. The molecular formula is C27H21N5O3S. The number of carbonyl (C=O) groups excluding carboxylic acids is 1. The maximum atomic E-state index is 12.8. The lowest BCUT2D eigenvalue weighted by atomic mass is 10.2. The average molecular weight is 496 g/mol. The van der Waals surface area contributed by atoms with Crippen LogP contribution in [0.1, 0.15) is 10.4 Å². The topological polar surface area (TPSA) is 109 Å². The average Bonchev–Trinajstić information content (AvgIpc) is 2.90. The normalized spacial score (nSPS) is 10.7. The number of fused-ring (bicyclic) bond motifs is 1. The third-order valence-corrected chi connectivity index (χ3v) is 6.36. The highest BCUT2D eigenvalue weighted by Gasteiger charge is 2.13. The van der Waals surface area contributed by atoms with E-state index in [0.29, 0.717) is 28.5 Å². The summed E-state index contributed by atoms with van der Waals surface area (Å²) >= 11 is 1.47. The third-order valence-electron chi connectivity index (χ3n) is 5.30. The molecule has 0 radical (unpaired) electrons. The van der Waals surface area contributed by atoms with Crippen molar-refractivity contribution in [2.24, 2.45) is 0 Å². The first-order chi connectivity index (χ1) is 17.6. The molecule has 0 unspecified atom stereocenters. The number of methoxy groups -OCH3 is 1. The fourth-order valence-corrected chi connectivity index (χ4v) is 4.47. The Morgan fingerprint density at radius 1 is 0.944 bits per heavy atom. The van der Waals surface area contributed by atoms with Crippen molar-refractivity contribution in [1.29, 1.82) is 0 Å². The molecule has 0 bridgehead atoms. The van der Waals surface area contributed by atoms with Crippen LogP contribution in [0.3, 0.4) is 0 Å². The molecule has 0 saturated heterocycles. The smallest absolute Gasteiger partial charge is 0.255 e. The van der Waals surface area contributed by atoms with Crippen molar-refractivity contribution < 1.29 is 14.6 Å². The van der Waals surface area contributed by atoms with E-state index in [-0.39, 0.29) is 11.7 Å². The molecule has 36 heavy (non-hydrogen) atoms. The number of hydrogen-bond donors (Lipinski definition) is 3. The molecule has 5 rings (SSSR count). The molecule has 8 nitrogen and oxygen atoms in total. The zero-order valence-electron chi connectivity index (χ0n) is 19.2. The molecule has 0 aliphatic carbocycles. The van der Waals surface area contributed by atoms with Gasteiger partial charge in [-0.15, -0.1) is 0 Å². The number of hydrogen-bond acceptors (Lipinski definition) is 8. The number of pyridine rings is 1. The summed E-state index contributed by atoms with van der Waals surface area (Å²) in [6.45, 7) is 0. The third kappa shape index (κ3) is 5.21. The van der Waals surface area contributed by atoms with E-state index in [1.54, 1.807) is 55.8 Å². The van der Waals surface area contributed by atoms with E-state index < -0.39 is 0 Å². The predicted molar refractivity (Wildman–Crippen MR) is 140 cm³/mol. The van der Waals surface area contributed by atoms with Crippen LogP contribution in [0.5, 0.6) is 11.5 Å². The number of nitrogens with zero attached hydrogens (tertiary/aromatic N) is 3. The molecule has 1 amide bonds. The van der Waals surface area contributed by atoms with Crippen molar-refractivity contribution in [1.82, 2.24) is 15.0 Å². The number of benzene rings is 3. The molecule has 0 spiro atoms. The Bertz CT molecular complexity index is 1540. The minimum atomic E-state index is -0.242. The van der Waals surface area contributed by atoms with Crippen LogP contribution in [0, 0.1) is 0 Å². The van der Waals surface area contributed by atoms with E-state index in [1.165, 1.54) is 18.1 Å². The van der Waals surface area contributed by atoms with Gasteiger partial charge in [0.1, 0.15) is 23.6 Å². The number of aromatic hydroxyl groups is 1. The Labute approximate surface area is 211 Å². The number of amides is 1. The standard InChI is InChI=1S/C27H21N5O3S/c1-35-20-10-7-17(8-11-20)27(34)31-18-9-12-24(36-21-5-2-4-19(33)15-21)23(14-18)32-26-22-6-3-13-28-25(22)29-16-30-26/h2-16,33H,1H3,(H,31,34)(H,28,29,30,32). The Morgan fingerprint density at radius 3 is 2.61 bits per heavy atom. The van der Waals surface area contributed by atoms with Crippen molar-refractivity contribution in [3.8, 4) is 11.5 Å². The summed E-state index contributed by atoms with van der Waals surface area (Å²) in [7, 11) is 1.58. The molecule has 9 heteroatoms. The predicted octanol–water partition coefficient (Wildman–Crippen LogP) is 5.89. The van der Waals surface area contributed by atoms with Crippen LogP contribution < -0.4 is 15.4 Å². The van der Waals surface area contributed by atoms with Gasteiger partial charge < -0.3 is 20.5 Å². The van der Waals surface area contributed by atoms with Gasteiger partial charge in [-0.05, 0) is 72.8 Å². The lowest BCUT2D eigenvalue weighted by Gasteiger charge is -2.15. The Morgan fingerprint density at radius 2 is 1.81 bits per heavy atom. The van der Waals surface area contributed by atoms with Gasteiger partial charge in [-0.2, -0.15) is 0 Å². The number of phenols is 1. The molecular weight excluding hydrogens is 474 g/mol. The maximum absolute atomic E-state index is 12.8. The summed E-state index contributed by atoms with van der Waals surface area (Å²) in [5, 5.41) is 17.0. The van der Waals surface area contributed by atoms with E-state index in [0.717, 1.165) is 20.9 Å². The molecule has 0 aliphatic heterocycles. The number of anilines is 3. The maximum Gasteiger partial charge on any atom is 0.255 e. The number of ether oxygens (including phenoxy) is 1. The SMILES string of the molecule is COc1ccc(C(=O)Nc2ccc(Sc3cccc(O)c3)c(Nc3ncnc4ncccc34)c2)cc1. The largest absolute Gasteiger partial charge is 0.508 e. The molecule has 2 aromatic heterocycles. The Balaban J connectivity index is 1.48. The first kappa shape index (κ1) is 23.1. The van der Waals surface area contributed by atoms with Crippen molar-refractivity contribution >= 4 is 45.9 Å². The van der Waals surface area contributed by atoms with Gasteiger partial charge in [-0.25, -0.2) is 15.0 Å². The zero-order valence-corrected chi connectivity index (χ0v) is 20.0. The zero-order chi connectivity index (χ0) is 24.9. The van der Waals surface area contributed by atoms with Gasteiger partial charge in [0.25, 0.3) is 5.91 Å². The van der Waals surface area contributed by atoms with E-state index in [1.807, 2.05) is 36.4 Å². The molecule has 178 valence electrons. The van der Waals surface area contributed by atoms with Gasteiger partial charge >= 0.3 is 0 Å². The molecule has 0 aliphatic rings. The van der Waals surface area contributed by atoms with Crippen LogP contribution in [0.25, 0.3) is 11.0 Å². The highest BCUT2D eigenvalue weighted by molar-refractivity contribution is 7.99. The highest BCUT2D eigenvalue weighted by atomic mass is 32.2. The van der Waals surface area contributed by atoms with Crippen molar-refractivity contribution in [3.63, 3.8) is 0 Å². The summed E-state index contributed by atoms with van der Waals surface area (Å²) in [6.07, 6.45) is 3.13. The van der Waals surface area contributed by atoms with E-state index >= 15 is 0 Å². The van der Waals surface area contributed by atoms with Crippen LogP contribution in [0.2, 0.25) is 0 Å². The molecule has 0 saturated carbocycles. The van der Waals surface area contributed by atoms with Crippen molar-refractivity contribution in [2.45, 2.75) is 9.79 Å². The number of carbonyl (C=O) groups is 1. The molecule has 3 N–H and O–H groups in total. The van der Waals surface area contributed by atoms with Gasteiger partial charge in [0.05, 0.1) is 18.2 Å². The molecule has 5 aromatic rings. The Kier molecular flexibility index (Phi) is 6.63.